The molecular formula is C49H90O43S4. The van der Waals surface area contributed by atoms with Gasteiger partial charge in [0.2, 0.25) is 41.6 Å². The van der Waals surface area contributed by atoms with Crippen LogP contribution in [-0.4, -0.2) is 383 Å². The molecule has 96 heavy (non-hydrogen) atoms. The Morgan fingerprint density at radius 2 is 0.552 bits per heavy atom. The first-order chi connectivity index (χ1) is 44.0. The summed E-state index contributed by atoms with van der Waals surface area (Å²) in [5.74, 6) is -3.48. The van der Waals surface area contributed by atoms with Crippen LogP contribution in [-0.2, 0) is 58.3 Å². The average Bonchev–Trinajstić information content (AvgIpc) is 1.65. The first-order valence-electron chi connectivity index (χ1n) is 28.9. The van der Waals surface area contributed by atoms with E-state index in [2.05, 4.69) is 16.7 Å². The summed E-state index contributed by atoms with van der Waals surface area (Å²) < 4.78 is 144. The molecule has 0 aromatic rings. The van der Waals surface area contributed by atoms with Gasteiger partial charge in [0.15, 0.2) is 23.7 Å². The van der Waals surface area contributed by atoms with Crippen LogP contribution in [0, 0.1) is 47.3 Å². The van der Waals surface area contributed by atoms with Gasteiger partial charge in [0, 0.05) is 0 Å². The zero-order chi connectivity index (χ0) is 74.6. The van der Waals surface area contributed by atoms with E-state index >= 15 is 0 Å². The Morgan fingerprint density at radius 1 is 0.333 bits per heavy atom. The van der Waals surface area contributed by atoms with Gasteiger partial charge in [-0.05, 0) is 6.42 Å². The van der Waals surface area contributed by atoms with Gasteiger partial charge >= 0.3 is 0 Å². The number of hydrogen-bond donors (Lipinski definition) is 27. The van der Waals surface area contributed by atoms with Gasteiger partial charge in [-0.25, -0.2) is 33.7 Å². The first kappa shape index (κ1) is 91.9. The Labute approximate surface area is 550 Å². The van der Waals surface area contributed by atoms with Crippen LogP contribution in [0.2, 0.25) is 0 Å². The maximum absolute atomic E-state index is 10.9. The summed E-state index contributed by atoms with van der Waals surface area (Å²) in [5.41, 5.74) is 0. The normalized spacial score (nSPS) is 30.2. The van der Waals surface area contributed by atoms with Crippen molar-refractivity contribution in [1.29, 1.82) is 0 Å². The molecular weight excluding hydrogens is 1400 g/mol. The molecule has 0 unspecified atom stereocenters. The summed E-state index contributed by atoms with van der Waals surface area (Å²) in [6, 6.07) is 0. The fraction of sp³-hybridized carbons (Fsp3) is 0.918. The van der Waals surface area contributed by atoms with Crippen molar-refractivity contribution in [2.75, 3.05) is 46.2 Å². The zero-order valence-corrected chi connectivity index (χ0v) is 54.0. The van der Waals surface area contributed by atoms with Crippen molar-refractivity contribution >= 4 is 41.6 Å². The van der Waals surface area contributed by atoms with Crippen molar-refractivity contribution in [1.82, 2.24) is 0 Å². The van der Waals surface area contributed by atoms with Crippen molar-refractivity contribution in [2.45, 2.75) is 211 Å². The molecule has 0 amide bonds. The van der Waals surface area contributed by atoms with Gasteiger partial charge in [0.25, 0.3) is 0 Å². The maximum atomic E-state index is 10.9. The van der Waals surface area contributed by atoms with Crippen molar-refractivity contribution in [3.05, 3.63) is 23.7 Å². The Morgan fingerprint density at radius 3 is 0.740 bits per heavy atom. The van der Waals surface area contributed by atoms with E-state index in [0.29, 0.717) is 0 Å². The highest BCUT2D eigenvalue weighted by Gasteiger charge is 2.59. The zero-order valence-electron chi connectivity index (χ0n) is 50.7. The van der Waals surface area contributed by atoms with Gasteiger partial charge in [-0.15, -0.1) is 0 Å². The molecule has 0 saturated heterocycles. The highest BCUT2D eigenvalue weighted by molar-refractivity contribution is 7.81. The monoisotopic (exact) mass is 1490 g/mol. The molecule has 0 aliphatic heterocycles. The van der Waals surface area contributed by atoms with Crippen LogP contribution in [0.15, 0.2) is 0 Å². The summed E-state index contributed by atoms with van der Waals surface area (Å²) in [7, 11) is -21.0. The van der Waals surface area contributed by atoms with Gasteiger partial charge in [-0.1, -0.05) is 6.92 Å². The van der Waals surface area contributed by atoms with Crippen molar-refractivity contribution in [3.63, 3.8) is 0 Å². The molecule has 0 aromatic carbocycles. The van der Waals surface area contributed by atoms with Gasteiger partial charge in [0.05, 0.1) is 52.4 Å². The maximum Gasteiger partial charge on any atom is 0.218 e. The molecule has 568 valence electrons. The molecule has 4 fully saturated rings. The van der Waals surface area contributed by atoms with Crippen LogP contribution >= 0.6 is 0 Å². The summed E-state index contributed by atoms with van der Waals surface area (Å²) >= 11 is 0. The van der Waals surface area contributed by atoms with Crippen LogP contribution in [0.3, 0.4) is 0 Å². The Hall–Kier alpha value is -2.12. The molecule has 4 aliphatic rings. The largest absolute Gasteiger partial charge is 0.726 e. The third-order valence-corrected chi connectivity index (χ3v) is 18.0. The predicted molar refractivity (Wildman–Crippen MR) is 302 cm³/mol. The molecule has 4 saturated carbocycles. The minimum absolute atomic E-state index is 0.0213. The highest BCUT2D eigenvalue weighted by atomic mass is 32.3. The SMILES string of the molecule is CC[C@@H](O)[C@@H](O)[C@H](OS(=O)(=O)[O-])[C@@H](O)C[C+]1C[C@@H](O)[C@@H](O)[C@@H]1[C@@H](O)CO.O=S(=O)([O-])O[C@@H](CO)[C@H](O)C[C+]1C[C@@H](O)[C@@H](O)[C@@H]1[C@@H](O)CO.O=S(=O)([O-])O[C@@H](CO)[C@H](O)C[C+]1C[C@H](O)[C@H](O)[C@H]1[C@H](O)CO.O=S(=O)([O-])O[C@@H]([C@H](O)[C@H](O)CO)[C@@H](O)C[C+]1C[C@H](O)[C@H](O)[C@H]1[C@H](O)CO. The molecule has 0 radical (unpaired) electrons. The van der Waals surface area contributed by atoms with E-state index < -0.39 is 271 Å². The molecule has 0 heterocycles. The molecule has 43 nitrogen and oxygen atoms in total. The van der Waals surface area contributed by atoms with Gasteiger partial charge in [0.1, 0.15) is 215 Å². The molecule has 0 spiro atoms. The fourth-order valence-electron chi connectivity index (χ4n) is 11.4. The topological polar surface area (TPSA) is 812 Å². The average molecular weight is 1500 g/mol. The van der Waals surface area contributed by atoms with Crippen LogP contribution < -0.4 is 0 Å². The lowest BCUT2D eigenvalue weighted by Gasteiger charge is -2.30. The lowest BCUT2D eigenvalue weighted by molar-refractivity contribution is -0.107. The quantitative estimate of drug-likeness (QED) is 0.0157. The van der Waals surface area contributed by atoms with Crippen LogP contribution in [0.4, 0.5) is 0 Å². The standard InChI is InChI=1S/C14H26O11S.C13H24O12S.2C11H20O10S/c1-2-7(16)13(21)14(25-26(22,23)24)9(18)4-6-3-8(17)12(20)11(6)10(19)5-15;14-3-8(18)10-5(1-6(16)11(10)20)2-7(17)13(25-26(22,23)24)12(21)9(19)4-15;2*12-3-8(16)10-5(2-7(15)11(10)17)1-6(14)9(4-13)21-22(18,19)20/h7-21H,2-5H2,1H3;6-21H,1-4H2;2*6-17H,1-4H2/t7-,8-,9+,10+,11+,12-,13-,14-;6-,7-,8+,9+,10+,11-,12+,13+;6-,7+,8-,9+,10-,11+;6-,7-,8+,9+,10+,11-/m1011/s1. The summed E-state index contributed by atoms with van der Waals surface area (Å²) in [4.78, 5) is 0. The number of aliphatic hydroxyl groups excluding tert-OH is 27. The number of hydrogen-bond acceptors (Lipinski definition) is 43. The number of aliphatic hydroxyl groups is 27. The van der Waals surface area contributed by atoms with Crippen LogP contribution in [0.5, 0.6) is 0 Å². The molecule has 28 atom stereocenters. The Balaban J connectivity index is 0.000000642. The second-order valence-corrected chi connectivity index (χ2v) is 27.0. The lowest BCUT2D eigenvalue weighted by atomic mass is 9.84. The highest BCUT2D eigenvalue weighted by Crippen LogP contribution is 2.44. The van der Waals surface area contributed by atoms with E-state index in [1.54, 1.807) is 0 Å². The summed E-state index contributed by atoms with van der Waals surface area (Å²) in [6.07, 6.45) is -40.6. The van der Waals surface area contributed by atoms with Crippen molar-refractivity contribution in [3.8, 4) is 0 Å². The third kappa shape index (κ3) is 29.0. The minimum atomic E-state index is -5.40. The fourth-order valence-corrected chi connectivity index (χ4v) is 13.4. The van der Waals surface area contributed by atoms with E-state index in [9.17, 15) is 154 Å². The molecule has 0 bridgehead atoms. The first-order valence-corrected chi connectivity index (χ1v) is 34.2. The van der Waals surface area contributed by atoms with E-state index in [0.717, 1.165) is 0 Å². The minimum Gasteiger partial charge on any atom is -0.726 e. The van der Waals surface area contributed by atoms with Gasteiger partial charge in [-0.2, -0.15) is 0 Å². The Kier molecular flexibility index (Phi) is 39.5. The van der Waals surface area contributed by atoms with Crippen LogP contribution in [0.1, 0.15) is 64.7 Å². The number of rotatable bonds is 36. The summed E-state index contributed by atoms with van der Waals surface area (Å²) in [5, 5.41) is 259. The van der Waals surface area contributed by atoms with E-state index in [1.807, 2.05) is 0 Å². The second kappa shape index (κ2) is 41.2. The molecule has 47 heteroatoms. The molecule has 4 rings (SSSR count). The van der Waals surface area contributed by atoms with E-state index in [1.165, 1.54) is 6.92 Å². The molecule has 0 aromatic heterocycles. The van der Waals surface area contributed by atoms with Crippen LogP contribution in [0.25, 0.3) is 0 Å². The summed E-state index contributed by atoms with van der Waals surface area (Å²) in [6.45, 7) is -4.34. The molecule has 4 aliphatic carbocycles. The Bertz CT molecular complexity index is 2460. The van der Waals surface area contributed by atoms with Crippen molar-refractivity contribution in [2.24, 2.45) is 23.7 Å². The smallest absolute Gasteiger partial charge is 0.218 e. The lowest BCUT2D eigenvalue weighted by Crippen LogP contribution is -2.49. The third-order valence-electron chi connectivity index (χ3n) is 16.1. The van der Waals surface area contributed by atoms with Gasteiger partial charge < -0.3 is 156 Å². The second-order valence-electron chi connectivity index (χ2n) is 23.0. The van der Waals surface area contributed by atoms with E-state index in [4.69, 9.17) is 35.7 Å². The van der Waals surface area contributed by atoms with Gasteiger partial charge in [-0.3, -0.25) is 16.7 Å². The molecule has 27 N–H and O–H groups in total. The van der Waals surface area contributed by atoms with E-state index in [-0.39, 0.29) is 68.6 Å². The predicted octanol–water partition coefficient (Wildman–Crippen LogP) is -16.2. The van der Waals surface area contributed by atoms with Crippen molar-refractivity contribution < 1.29 is 206 Å².